The van der Waals surface area contributed by atoms with Gasteiger partial charge in [-0.2, -0.15) is 5.26 Å². The molecule has 1 heterocycles. The van der Waals surface area contributed by atoms with Gasteiger partial charge in [0.1, 0.15) is 0 Å². The lowest BCUT2D eigenvalue weighted by molar-refractivity contribution is 0.0733. The van der Waals surface area contributed by atoms with E-state index >= 15 is 0 Å². The summed E-state index contributed by atoms with van der Waals surface area (Å²) in [5, 5.41) is 9.14. The zero-order valence-corrected chi connectivity index (χ0v) is 16.5. The van der Waals surface area contributed by atoms with Crippen LogP contribution in [0.5, 0.6) is 0 Å². The quantitative estimate of drug-likeness (QED) is 0.557. The lowest BCUT2D eigenvalue weighted by atomic mass is 9.97. The molecule has 1 aliphatic rings. The van der Waals surface area contributed by atoms with Crippen molar-refractivity contribution in [3.05, 3.63) is 94.6 Å². The van der Waals surface area contributed by atoms with Crippen LogP contribution in [0.3, 0.4) is 0 Å². The van der Waals surface area contributed by atoms with Crippen molar-refractivity contribution in [3.8, 4) is 17.2 Å². The molecule has 1 aliphatic heterocycles. The summed E-state index contributed by atoms with van der Waals surface area (Å²) >= 11 is 0. The van der Waals surface area contributed by atoms with Gasteiger partial charge in [-0.1, -0.05) is 30.3 Å². The minimum atomic E-state index is -0.897. The van der Waals surface area contributed by atoms with Gasteiger partial charge in [0.05, 0.1) is 17.7 Å². The van der Waals surface area contributed by atoms with Crippen molar-refractivity contribution in [3.63, 3.8) is 0 Å². The fourth-order valence-corrected chi connectivity index (χ4v) is 4.07. The molecule has 0 bridgehead atoms. The lowest BCUT2D eigenvalue weighted by Gasteiger charge is -2.25. The molecular weight excluding hydrogens is 382 g/mol. The van der Waals surface area contributed by atoms with E-state index in [1.165, 1.54) is 6.07 Å². The monoisotopic (exact) mass is 402 g/mol. The average molecular weight is 402 g/mol. The molecule has 0 spiro atoms. The SMILES string of the molecule is Cc1ccc(C#N)cc1-c1ccc(C(=O)N2CCC[C@@H]2c2cccc(F)c2F)cc1. The van der Waals surface area contributed by atoms with Gasteiger partial charge in [0, 0.05) is 17.7 Å². The number of likely N-dealkylation sites (tertiary alicyclic amines) is 1. The Labute approximate surface area is 174 Å². The van der Waals surface area contributed by atoms with Crippen LogP contribution in [0.4, 0.5) is 8.78 Å². The van der Waals surface area contributed by atoms with Crippen LogP contribution in [-0.4, -0.2) is 17.4 Å². The highest BCUT2D eigenvalue weighted by Crippen LogP contribution is 2.35. The van der Waals surface area contributed by atoms with Crippen LogP contribution < -0.4 is 0 Å². The molecule has 5 heteroatoms. The third-order valence-electron chi connectivity index (χ3n) is 5.66. The minimum absolute atomic E-state index is 0.199. The zero-order valence-electron chi connectivity index (χ0n) is 16.5. The molecule has 1 saturated heterocycles. The molecule has 3 aromatic rings. The van der Waals surface area contributed by atoms with Crippen LogP contribution in [0.1, 0.15) is 45.9 Å². The molecule has 0 saturated carbocycles. The van der Waals surface area contributed by atoms with Crippen LogP contribution >= 0.6 is 0 Å². The van der Waals surface area contributed by atoms with Gasteiger partial charge in [0.15, 0.2) is 11.6 Å². The van der Waals surface area contributed by atoms with Crippen molar-refractivity contribution in [2.24, 2.45) is 0 Å². The largest absolute Gasteiger partial charge is 0.331 e. The second kappa shape index (κ2) is 8.08. The van der Waals surface area contributed by atoms with E-state index in [-0.39, 0.29) is 11.5 Å². The molecule has 4 rings (SSSR count). The van der Waals surface area contributed by atoms with Gasteiger partial charge >= 0.3 is 0 Å². The summed E-state index contributed by atoms with van der Waals surface area (Å²) in [6.07, 6.45) is 1.34. The van der Waals surface area contributed by atoms with Crippen molar-refractivity contribution >= 4 is 5.91 Å². The predicted molar refractivity (Wildman–Crippen MR) is 111 cm³/mol. The smallest absolute Gasteiger partial charge is 0.254 e. The maximum atomic E-state index is 14.3. The van der Waals surface area contributed by atoms with Crippen molar-refractivity contribution in [2.45, 2.75) is 25.8 Å². The predicted octanol–water partition coefficient (Wildman–Crippen LogP) is 5.79. The third-order valence-corrected chi connectivity index (χ3v) is 5.66. The number of hydrogen-bond donors (Lipinski definition) is 0. The molecule has 1 atom stereocenters. The second-order valence-electron chi connectivity index (χ2n) is 7.52. The fourth-order valence-electron chi connectivity index (χ4n) is 4.07. The summed E-state index contributed by atoms with van der Waals surface area (Å²) in [6, 6.07) is 18.5. The standard InChI is InChI=1S/C25H20F2N2O/c1-16-7-8-17(15-28)14-21(16)18-9-11-19(12-10-18)25(30)29-13-3-6-23(29)20-4-2-5-22(26)24(20)27/h2,4-5,7-12,14,23H,3,6,13H2,1H3/t23-/m1/s1. The highest BCUT2D eigenvalue weighted by molar-refractivity contribution is 5.95. The zero-order chi connectivity index (χ0) is 21.3. The summed E-state index contributed by atoms with van der Waals surface area (Å²) in [6.45, 7) is 2.47. The fraction of sp³-hybridized carbons (Fsp3) is 0.200. The van der Waals surface area contributed by atoms with E-state index in [0.29, 0.717) is 24.1 Å². The number of benzene rings is 3. The molecule has 1 fully saturated rings. The number of hydrogen-bond acceptors (Lipinski definition) is 2. The van der Waals surface area contributed by atoms with E-state index in [1.54, 1.807) is 29.2 Å². The van der Waals surface area contributed by atoms with Gasteiger partial charge < -0.3 is 4.90 Å². The topological polar surface area (TPSA) is 44.1 Å². The summed E-state index contributed by atoms with van der Waals surface area (Å²) in [5.41, 5.74) is 4.18. The molecule has 0 N–H and O–H groups in total. The van der Waals surface area contributed by atoms with Gasteiger partial charge in [-0.15, -0.1) is 0 Å². The normalized spacial score (nSPS) is 15.8. The molecule has 1 amide bonds. The number of carbonyl (C=O) groups is 1. The average Bonchev–Trinajstić information content (AvgIpc) is 3.25. The third kappa shape index (κ3) is 3.57. The van der Waals surface area contributed by atoms with E-state index in [1.807, 2.05) is 31.2 Å². The van der Waals surface area contributed by atoms with Gasteiger partial charge in [-0.25, -0.2) is 8.78 Å². The number of halogens is 2. The number of carbonyl (C=O) groups excluding carboxylic acids is 1. The number of nitrogens with zero attached hydrogens (tertiary/aromatic N) is 2. The first-order valence-corrected chi connectivity index (χ1v) is 9.85. The first-order chi connectivity index (χ1) is 14.5. The summed E-state index contributed by atoms with van der Waals surface area (Å²) in [4.78, 5) is 14.7. The molecule has 3 nitrogen and oxygen atoms in total. The van der Waals surface area contributed by atoms with Crippen molar-refractivity contribution < 1.29 is 13.6 Å². The molecule has 30 heavy (non-hydrogen) atoms. The number of aryl methyl sites for hydroxylation is 1. The Balaban J connectivity index is 1.61. The minimum Gasteiger partial charge on any atom is -0.331 e. The second-order valence-corrected chi connectivity index (χ2v) is 7.52. The summed E-state index contributed by atoms with van der Waals surface area (Å²) < 4.78 is 28.0. The van der Waals surface area contributed by atoms with E-state index in [0.717, 1.165) is 29.2 Å². The molecule has 0 radical (unpaired) electrons. The molecule has 0 aliphatic carbocycles. The Morgan fingerprint density at radius 1 is 1.10 bits per heavy atom. The Kier molecular flexibility index (Phi) is 5.33. The first kappa shape index (κ1) is 19.8. The Morgan fingerprint density at radius 3 is 2.60 bits per heavy atom. The number of rotatable bonds is 3. The molecule has 3 aromatic carbocycles. The molecule has 0 aromatic heterocycles. The van der Waals surface area contributed by atoms with Crippen LogP contribution in [-0.2, 0) is 0 Å². The van der Waals surface area contributed by atoms with Crippen molar-refractivity contribution in [1.82, 2.24) is 4.90 Å². The van der Waals surface area contributed by atoms with Crippen LogP contribution in [0.15, 0.2) is 60.7 Å². The van der Waals surface area contributed by atoms with E-state index in [2.05, 4.69) is 6.07 Å². The maximum absolute atomic E-state index is 14.3. The maximum Gasteiger partial charge on any atom is 0.254 e. The summed E-state index contributed by atoms with van der Waals surface area (Å²) in [7, 11) is 0. The molecule has 0 unspecified atom stereocenters. The van der Waals surface area contributed by atoms with E-state index in [4.69, 9.17) is 5.26 Å². The van der Waals surface area contributed by atoms with Gasteiger partial charge in [0.25, 0.3) is 5.91 Å². The Bertz CT molecular complexity index is 1150. The van der Waals surface area contributed by atoms with Crippen LogP contribution in [0.25, 0.3) is 11.1 Å². The van der Waals surface area contributed by atoms with Crippen molar-refractivity contribution in [2.75, 3.05) is 6.54 Å². The Morgan fingerprint density at radius 2 is 1.87 bits per heavy atom. The van der Waals surface area contributed by atoms with Crippen LogP contribution in [0.2, 0.25) is 0 Å². The highest BCUT2D eigenvalue weighted by Gasteiger charge is 2.32. The van der Waals surface area contributed by atoms with Crippen molar-refractivity contribution in [1.29, 1.82) is 5.26 Å². The molecular formula is C25H20F2N2O. The summed E-state index contributed by atoms with van der Waals surface area (Å²) in [5.74, 6) is -1.98. The number of nitriles is 1. The highest BCUT2D eigenvalue weighted by atomic mass is 19.2. The first-order valence-electron chi connectivity index (χ1n) is 9.85. The Hall–Kier alpha value is -3.52. The van der Waals surface area contributed by atoms with Gasteiger partial charge in [-0.3, -0.25) is 4.79 Å². The van der Waals surface area contributed by atoms with Gasteiger partial charge in [-0.05, 0) is 66.8 Å². The van der Waals surface area contributed by atoms with Gasteiger partial charge in [0.2, 0.25) is 0 Å². The molecule has 150 valence electrons. The lowest BCUT2D eigenvalue weighted by Crippen LogP contribution is -2.31. The van der Waals surface area contributed by atoms with E-state index in [9.17, 15) is 13.6 Å². The van der Waals surface area contributed by atoms with E-state index < -0.39 is 17.7 Å². The van der Waals surface area contributed by atoms with Crippen LogP contribution in [0, 0.1) is 29.9 Å². The number of amides is 1.